The SMILES string of the molecule is O=C(CN1CCO[C@H](c2cc(CCOc3ccc(F)c(F)c3)[nH]n2)C1)Nc1ccc2[nH]c(=O)[nH]c2c1. The molecule has 188 valence electrons. The lowest BCUT2D eigenvalue weighted by molar-refractivity contribution is -0.119. The molecule has 0 aliphatic carbocycles. The standard InChI is InChI=1S/C24H24F2N6O4/c25-17-3-2-16(11-18(17)26)35-7-5-15-10-21(31-30-15)22-12-32(6-8-36-22)13-23(33)27-14-1-4-19-20(9-14)29-24(34)28-19/h1-4,9-11,22H,5-8,12-13H2,(H,27,33)(H,30,31)(H2,28,29,34)/t22-/m0/s1. The van der Waals surface area contributed by atoms with Gasteiger partial charge in [-0.3, -0.25) is 14.8 Å². The van der Waals surface area contributed by atoms with Gasteiger partial charge in [-0.25, -0.2) is 13.6 Å². The predicted molar refractivity (Wildman–Crippen MR) is 127 cm³/mol. The summed E-state index contributed by atoms with van der Waals surface area (Å²) in [6.07, 6.45) is 0.187. The summed E-state index contributed by atoms with van der Waals surface area (Å²) in [4.78, 5) is 31.3. The van der Waals surface area contributed by atoms with E-state index in [1.165, 1.54) is 6.07 Å². The number of benzene rings is 2. The van der Waals surface area contributed by atoms with Gasteiger partial charge in [-0.05, 0) is 36.4 Å². The number of halogens is 2. The highest BCUT2D eigenvalue weighted by Crippen LogP contribution is 2.22. The highest BCUT2D eigenvalue weighted by atomic mass is 19.2. The number of fused-ring (bicyclic) bond motifs is 1. The lowest BCUT2D eigenvalue weighted by atomic mass is 10.2. The predicted octanol–water partition coefficient (Wildman–Crippen LogP) is 2.49. The van der Waals surface area contributed by atoms with Gasteiger partial charge in [0.05, 0.1) is 36.5 Å². The van der Waals surface area contributed by atoms with Crippen LogP contribution in [-0.2, 0) is 16.0 Å². The number of anilines is 1. The van der Waals surface area contributed by atoms with Crippen molar-refractivity contribution >= 4 is 22.6 Å². The molecule has 2 aromatic carbocycles. The molecule has 1 aliphatic rings. The molecule has 2 aromatic heterocycles. The molecule has 0 radical (unpaired) electrons. The van der Waals surface area contributed by atoms with Crippen molar-refractivity contribution in [3.05, 3.63) is 76.0 Å². The first kappa shape index (κ1) is 23.7. The maximum Gasteiger partial charge on any atom is 0.323 e. The number of amides is 1. The fraction of sp³-hybridized carbons (Fsp3) is 0.292. The number of carbonyl (C=O) groups excluding carboxylic acids is 1. The van der Waals surface area contributed by atoms with Crippen LogP contribution in [0.4, 0.5) is 14.5 Å². The normalized spacial score (nSPS) is 16.3. The number of ether oxygens (including phenoxy) is 2. The summed E-state index contributed by atoms with van der Waals surface area (Å²) in [6.45, 7) is 1.99. The fourth-order valence-electron chi connectivity index (χ4n) is 4.06. The second-order valence-electron chi connectivity index (χ2n) is 8.47. The third kappa shape index (κ3) is 5.61. The summed E-state index contributed by atoms with van der Waals surface area (Å²) in [5, 5.41) is 10.1. The van der Waals surface area contributed by atoms with E-state index >= 15 is 0 Å². The van der Waals surface area contributed by atoms with Crippen molar-refractivity contribution < 1.29 is 23.0 Å². The number of rotatable bonds is 8. The van der Waals surface area contributed by atoms with Crippen molar-refractivity contribution in [1.29, 1.82) is 0 Å². The second kappa shape index (κ2) is 10.3. The summed E-state index contributed by atoms with van der Waals surface area (Å²) in [5.41, 5.74) is 3.10. The second-order valence-corrected chi connectivity index (χ2v) is 8.47. The largest absolute Gasteiger partial charge is 0.493 e. The Labute approximate surface area is 203 Å². The molecule has 1 aliphatic heterocycles. The molecule has 36 heavy (non-hydrogen) atoms. The van der Waals surface area contributed by atoms with E-state index < -0.39 is 11.6 Å². The molecule has 4 N–H and O–H groups in total. The minimum Gasteiger partial charge on any atom is -0.493 e. The van der Waals surface area contributed by atoms with Gasteiger partial charge in [0.15, 0.2) is 11.6 Å². The van der Waals surface area contributed by atoms with Crippen LogP contribution in [0, 0.1) is 11.6 Å². The van der Waals surface area contributed by atoms with Crippen molar-refractivity contribution in [2.75, 3.05) is 38.2 Å². The zero-order valence-corrected chi connectivity index (χ0v) is 19.1. The smallest absolute Gasteiger partial charge is 0.323 e. The van der Waals surface area contributed by atoms with Gasteiger partial charge in [-0.15, -0.1) is 0 Å². The average Bonchev–Trinajstić information content (AvgIpc) is 3.47. The minimum absolute atomic E-state index is 0.176. The van der Waals surface area contributed by atoms with Crippen molar-refractivity contribution in [2.45, 2.75) is 12.5 Å². The van der Waals surface area contributed by atoms with Crippen LogP contribution in [0.5, 0.6) is 5.75 Å². The van der Waals surface area contributed by atoms with Crippen LogP contribution in [0.2, 0.25) is 0 Å². The highest BCUT2D eigenvalue weighted by Gasteiger charge is 2.25. The lowest BCUT2D eigenvalue weighted by Crippen LogP contribution is -2.42. The number of carbonyl (C=O) groups is 1. The molecule has 5 rings (SSSR count). The van der Waals surface area contributed by atoms with E-state index in [-0.39, 0.29) is 36.6 Å². The summed E-state index contributed by atoms with van der Waals surface area (Å²) >= 11 is 0. The van der Waals surface area contributed by atoms with Gasteiger partial charge < -0.3 is 24.8 Å². The van der Waals surface area contributed by atoms with Gasteiger partial charge in [0.1, 0.15) is 11.9 Å². The number of morpholine rings is 1. The van der Waals surface area contributed by atoms with Crippen LogP contribution in [0.3, 0.4) is 0 Å². The number of imidazole rings is 1. The molecular formula is C24H24F2N6O4. The zero-order valence-electron chi connectivity index (χ0n) is 19.1. The average molecular weight is 498 g/mol. The summed E-state index contributed by atoms with van der Waals surface area (Å²) in [6, 6.07) is 10.4. The summed E-state index contributed by atoms with van der Waals surface area (Å²) in [5.74, 6) is -1.80. The van der Waals surface area contributed by atoms with Gasteiger partial charge in [0, 0.05) is 37.0 Å². The Hall–Kier alpha value is -4.03. The zero-order chi connectivity index (χ0) is 25.1. The number of H-pyrrole nitrogens is 3. The van der Waals surface area contributed by atoms with Gasteiger partial charge >= 0.3 is 5.69 Å². The van der Waals surface area contributed by atoms with Crippen LogP contribution in [0.1, 0.15) is 17.5 Å². The molecule has 10 nitrogen and oxygen atoms in total. The first-order valence-electron chi connectivity index (χ1n) is 11.4. The Bertz CT molecular complexity index is 1430. The Morgan fingerprint density at radius 1 is 1.14 bits per heavy atom. The van der Waals surface area contributed by atoms with Crippen LogP contribution in [0.25, 0.3) is 11.0 Å². The molecule has 0 saturated carbocycles. The van der Waals surface area contributed by atoms with Gasteiger partial charge in [0.2, 0.25) is 5.91 Å². The number of hydrogen-bond acceptors (Lipinski definition) is 6. The van der Waals surface area contributed by atoms with E-state index in [0.29, 0.717) is 48.5 Å². The molecule has 1 saturated heterocycles. The number of aromatic amines is 3. The number of nitrogens with zero attached hydrogens (tertiary/aromatic N) is 2. The molecule has 0 spiro atoms. The van der Waals surface area contributed by atoms with Crippen LogP contribution >= 0.6 is 0 Å². The third-order valence-electron chi connectivity index (χ3n) is 5.83. The van der Waals surface area contributed by atoms with Gasteiger partial charge in [-0.1, -0.05) is 0 Å². The molecule has 1 amide bonds. The van der Waals surface area contributed by atoms with E-state index in [1.807, 2.05) is 11.0 Å². The molecule has 0 unspecified atom stereocenters. The van der Waals surface area contributed by atoms with Crippen molar-refractivity contribution in [3.8, 4) is 5.75 Å². The van der Waals surface area contributed by atoms with Crippen LogP contribution < -0.4 is 15.7 Å². The highest BCUT2D eigenvalue weighted by molar-refractivity contribution is 5.94. The van der Waals surface area contributed by atoms with E-state index in [1.54, 1.807) is 18.2 Å². The topological polar surface area (TPSA) is 128 Å². The first-order valence-corrected chi connectivity index (χ1v) is 11.4. The minimum atomic E-state index is -0.956. The Morgan fingerprint density at radius 3 is 2.86 bits per heavy atom. The van der Waals surface area contributed by atoms with E-state index in [4.69, 9.17) is 9.47 Å². The first-order chi connectivity index (χ1) is 17.4. The molecule has 1 atom stereocenters. The maximum absolute atomic E-state index is 13.3. The summed E-state index contributed by atoms with van der Waals surface area (Å²) in [7, 11) is 0. The Kier molecular flexibility index (Phi) is 6.78. The number of hydrogen-bond donors (Lipinski definition) is 4. The van der Waals surface area contributed by atoms with Crippen LogP contribution in [-0.4, -0.2) is 63.8 Å². The third-order valence-corrected chi connectivity index (χ3v) is 5.83. The Morgan fingerprint density at radius 2 is 2.00 bits per heavy atom. The molecule has 3 heterocycles. The van der Waals surface area contributed by atoms with Crippen molar-refractivity contribution in [1.82, 2.24) is 25.1 Å². The quantitative estimate of drug-likeness (QED) is 0.296. The monoisotopic (exact) mass is 498 g/mol. The Balaban J connectivity index is 1.11. The maximum atomic E-state index is 13.3. The molecule has 1 fully saturated rings. The van der Waals surface area contributed by atoms with Crippen molar-refractivity contribution in [3.63, 3.8) is 0 Å². The summed E-state index contributed by atoms with van der Waals surface area (Å²) < 4.78 is 37.6. The van der Waals surface area contributed by atoms with E-state index in [0.717, 1.165) is 17.8 Å². The van der Waals surface area contributed by atoms with Crippen LogP contribution in [0.15, 0.2) is 47.3 Å². The van der Waals surface area contributed by atoms with Crippen molar-refractivity contribution in [2.24, 2.45) is 0 Å². The van der Waals surface area contributed by atoms with Gasteiger partial charge in [0.25, 0.3) is 0 Å². The molecule has 0 bridgehead atoms. The fourth-order valence-corrected chi connectivity index (χ4v) is 4.06. The number of aromatic nitrogens is 4. The number of nitrogens with one attached hydrogen (secondary N) is 4. The molecule has 12 heteroatoms. The van der Waals surface area contributed by atoms with E-state index in [9.17, 15) is 18.4 Å². The molecular weight excluding hydrogens is 474 g/mol. The lowest BCUT2D eigenvalue weighted by Gasteiger charge is -2.31. The van der Waals surface area contributed by atoms with Gasteiger partial charge in [-0.2, -0.15) is 5.10 Å². The molecule has 4 aromatic rings. The van der Waals surface area contributed by atoms with E-state index in [2.05, 4.69) is 25.5 Å².